The smallest absolute Gasteiger partial charge is 0.264 e. The fourth-order valence-electron chi connectivity index (χ4n) is 1.52. The maximum atomic E-state index is 13.6. The van der Waals surface area contributed by atoms with Crippen LogP contribution in [0.15, 0.2) is 45.8 Å². The number of anilines is 2. The normalized spacial score (nSPS) is 11.3. The standard InChI is InChI=1S/C12H9BrF2N2O2S/c13-8-2-1-3-9(14)12(8)17-20(18,19)11-5-4-7(16)6-10(11)15/h1-6,17H,16H2. The lowest BCUT2D eigenvalue weighted by atomic mass is 10.3. The van der Waals surface area contributed by atoms with Crippen LogP contribution in [0.1, 0.15) is 0 Å². The number of nitrogen functional groups attached to an aromatic ring is 1. The SMILES string of the molecule is Nc1ccc(S(=O)(=O)Nc2c(F)cccc2Br)c(F)c1. The van der Waals surface area contributed by atoms with Crippen molar-refractivity contribution < 1.29 is 17.2 Å². The molecular formula is C12H9BrF2N2O2S. The zero-order valence-electron chi connectivity index (χ0n) is 9.90. The fourth-order valence-corrected chi connectivity index (χ4v) is 3.24. The highest BCUT2D eigenvalue weighted by molar-refractivity contribution is 9.10. The van der Waals surface area contributed by atoms with E-state index in [4.69, 9.17) is 5.73 Å². The molecule has 0 aromatic heterocycles. The van der Waals surface area contributed by atoms with Crippen LogP contribution in [0.4, 0.5) is 20.2 Å². The molecule has 0 radical (unpaired) electrons. The lowest BCUT2D eigenvalue weighted by Gasteiger charge is -2.11. The van der Waals surface area contributed by atoms with Crippen LogP contribution in [-0.4, -0.2) is 8.42 Å². The molecule has 2 aromatic carbocycles. The molecule has 2 aromatic rings. The number of sulfonamides is 1. The number of halogens is 3. The van der Waals surface area contributed by atoms with Gasteiger partial charge in [-0.1, -0.05) is 6.07 Å². The third kappa shape index (κ3) is 2.91. The molecule has 0 aliphatic rings. The van der Waals surface area contributed by atoms with Gasteiger partial charge >= 0.3 is 0 Å². The Morgan fingerprint density at radius 3 is 2.40 bits per heavy atom. The minimum atomic E-state index is -4.26. The average molecular weight is 363 g/mol. The van der Waals surface area contributed by atoms with Crippen molar-refractivity contribution in [2.24, 2.45) is 0 Å². The number of rotatable bonds is 3. The highest BCUT2D eigenvalue weighted by Gasteiger charge is 2.21. The van der Waals surface area contributed by atoms with E-state index in [9.17, 15) is 17.2 Å². The van der Waals surface area contributed by atoms with Crippen LogP contribution >= 0.6 is 15.9 Å². The summed E-state index contributed by atoms with van der Waals surface area (Å²) in [6, 6.07) is 7.09. The Morgan fingerprint density at radius 2 is 1.80 bits per heavy atom. The van der Waals surface area contributed by atoms with Crippen LogP contribution in [0.5, 0.6) is 0 Å². The third-order valence-corrected chi connectivity index (χ3v) is 4.49. The first kappa shape index (κ1) is 14.7. The van der Waals surface area contributed by atoms with Gasteiger partial charge in [0, 0.05) is 10.2 Å². The Balaban J connectivity index is 2.46. The van der Waals surface area contributed by atoms with Crippen molar-refractivity contribution in [1.82, 2.24) is 0 Å². The van der Waals surface area contributed by atoms with Crippen molar-refractivity contribution in [2.45, 2.75) is 4.90 Å². The molecule has 0 unspecified atom stereocenters. The molecule has 3 N–H and O–H groups in total. The lowest BCUT2D eigenvalue weighted by Crippen LogP contribution is -2.16. The summed E-state index contributed by atoms with van der Waals surface area (Å²) in [4.78, 5) is -0.609. The van der Waals surface area contributed by atoms with E-state index in [-0.39, 0.29) is 15.8 Å². The molecule has 0 spiro atoms. The van der Waals surface area contributed by atoms with E-state index in [0.717, 1.165) is 18.2 Å². The molecule has 2 rings (SSSR count). The molecule has 0 saturated carbocycles. The zero-order chi connectivity index (χ0) is 14.9. The monoisotopic (exact) mass is 362 g/mol. The summed E-state index contributed by atoms with van der Waals surface area (Å²) in [6.07, 6.45) is 0. The molecule has 0 atom stereocenters. The van der Waals surface area contributed by atoms with E-state index in [0.29, 0.717) is 0 Å². The maximum Gasteiger partial charge on any atom is 0.264 e. The van der Waals surface area contributed by atoms with Crippen LogP contribution < -0.4 is 10.5 Å². The Kier molecular flexibility index (Phi) is 3.96. The largest absolute Gasteiger partial charge is 0.399 e. The highest BCUT2D eigenvalue weighted by Crippen LogP contribution is 2.28. The van der Waals surface area contributed by atoms with E-state index < -0.39 is 26.6 Å². The number of hydrogen-bond donors (Lipinski definition) is 2. The van der Waals surface area contributed by atoms with Crippen LogP contribution in [0, 0.1) is 11.6 Å². The molecular weight excluding hydrogens is 354 g/mol. The van der Waals surface area contributed by atoms with E-state index in [1.165, 1.54) is 18.2 Å². The van der Waals surface area contributed by atoms with Crippen molar-refractivity contribution >= 4 is 37.3 Å². The quantitative estimate of drug-likeness (QED) is 0.824. The molecule has 0 amide bonds. The van der Waals surface area contributed by atoms with Crippen LogP contribution in [0.3, 0.4) is 0 Å². The maximum absolute atomic E-state index is 13.6. The van der Waals surface area contributed by atoms with Crippen LogP contribution in [-0.2, 0) is 10.0 Å². The molecule has 0 saturated heterocycles. The number of hydrogen-bond acceptors (Lipinski definition) is 3. The summed E-state index contributed by atoms with van der Waals surface area (Å²) >= 11 is 3.02. The summed E-state index contributed by atoms with van der Waals surface area (Å²) in [5.74, 6) is -1.79. The molecule has 4 nitrogen and oxygen atoms in total. The van der Waals surface area contributed by atoms with Gasteiger partial charge in [0.25, 0.3) is 10.0 Å². The van der Waals surface area contributed by atoms with Crippen molar-refractivity contribution in [3.8, 4) is 0 Å². The van der Waals surface area contributed by atoms with Gasteiger partial charge in [0.1, 0.15) is 16.5 Å². The zero-order valence-corrected chi connectivity index (χ0v) is 12.3. The van der Waals surface area contributed by atoms with Gasteiger partial charge in [0.2, 0.25) is 0 Å². The van der Waals surface area contributed by atoms with Crippen molar-refractivity contribution in [2.75, 3.05) is 10.5 Å². The van der Waals surface area contributed by atoms with Gasteiger partial charge in [-0.15, -0.1) is 0 Å². The Hall–Kier alpha value is -1.67. The van der Waals surface area contributed by atoms with Gasteiger partial charge in [-0.2, -0.15) is 0 Å². The molecule has 0 bridgehead atoms. The molecule has 106 valence electrons. The first-order chi connectivity index (χ1) is 9.31. The second kappa shape index (κ2) is 5.37. The predicted molar refractivity (Wildman–Crippen MR) is 75.7 cm³/mol. The highest BCUT2D eigenvalue weighted by atomic mass is 79.9. The molecule has 0 aliphatic heterocycles. The van der Waals surface area contributed by atoms with Crippen molar-refractivity contribution in [1.29, 1.82) is 0 Å². The van der Waals surface area contributed by atoms with Gasteiger partial charge in [-0.05, 0) is 46.3 Å². The molecule has 8 heteroatoms. The molecule has 20 heavy (non-hydrogen) atoms. The third-order valence-electron chi connectivity index (χ3n) is 2.44. The summed E-state index contributed by atoms with van der Waals surface area (Å²) < 4.78 is 53.6. The summed E-state index contributed by atoms with van der Waals surface area (Å²) in [5.41, 5.74) is 5.15. The Labute approximate surface area is 122 Å². The van der Waals surface area contributed by atoms with E-state index >= 15 is 0 Å². The van der Waals surface area contributed by atoms with Crippen molar-refractivity contribution in [3.05, 3.63) is 52.5 Å². The Morgan fingerprint density at radius 1 is 1.10 bits per heavy atom. The van der Waals surface area contributed by atoms with Crippen LogP contribution in [0.25, 0.3) is 0 Å². The molecule has 0 fully saturated rings. The molecule has 0 aliphatic carbocycles. The number of para-hydroxylation sites is 1. The minimum Gasteiger partial charge on any atom is -0.399 e. The topological polar surface area (TPSA) is 72.2 Å². The summed E-state index contributed by atoms with van der Waals surface area (Å²) in [7, 11) is -4.26. The van der Waals surface area contributed by atoms with E-state index in [1.54, 1.807) is 0 Å². The lowest BCUT2D eigenvalue weighted by molar-refractivity contribution is 0.570. The fraction of sp³-hybridized carbons (Fsp3) is 0. The van der Waals surface area contributed by atoms with E-state index in [2.05, 4.69) is 15.9 Å². The average Bonchev–Trinajstić information content (AvgIpc) is 2.33. The van der Waals surface area contributed by atoms with Gasteiger partial charge in [0.05, 0.1) is 5.69 Å². The van der Waals surface area contributed by atoms with Gasteiger partial charge in [0.15, 0.2) is 0 Å². The summed E-state index contributed by atoms with van der Waals surface area (Å²) in [5, 5.41) is 0. The number of benzene rings is 2. The first-order valence-corrected chi connectivity index (χ1v) is 7.61. The van der Waals surface area contributed by atoms with Gasteiger partial charge < -0.3 is 5.73 Å². The molecule has 0 heterocycles. The second-order valence-corrected chi connectivity index (χ2v) is 6.40. The first-order valence-electron chi connectivity index (χ1n) is 5.33. The van der Waals surface area contributed by atoms with Crippen molar-refractivity contribution in [3.63, 3.8) is 0 Å². The summed E-state index contributed by atoms with van der Waals surface area (Å²) in [6.45, 7) is 0. The van der Waals surface area contributed by atoms with Gasteiger partial charge in [-0.3, -0.25) is 4.72 Å². The number of nitrogens with one attached hydrogen (secondary N) is 1. The second-order valence-electron chi connectivity index (χ2n) is 3.89. The van der Waals surface area contributed by atoms with E-state index in [1.807, 2.05) is 4.72 Å². The predicted octanol–water partition coefficient (Wildman–Crippen LogP) is 3.11. The number of nitrogens with two attached hydrogens (primary N) is 1. The van der Waals surface area contributed by atoms with Gasteiger partial charge in [-0.25, -0.2) is 17.2 Å². The Bertz CT molecular complexity index is 746. The van der Waals surface area contributed by atoms with Crippen LogP contribution in [0.2, 0.25) is 0 Å². The minimum absolute atomic E-state index is 0.0912.